The number of aliphatic hydroxyl groups is 1. The van der Waals surface area contributed by atoms with Crippen LogP contribution in [0.4, 0.5) is 22.0 Å². The monoisotopic (exact) mass is 588 g/mol. The molecule has 2 bridgehead atoms. The largest absolute Gasteiger partial charge is 1.00 e. The molecule has 2 aromatic rings. The van der Waals surface area contributed by atoms with Gasteiger partial charge in [0.05, 0.1) is 5.56 Å². The van der Waals surface area contributed by atoms with Crippen LogP contribution >= 0.6 is 0 Å². The highest BCUT2D eigenvalue weighted by Gasteiger charge is 2.49. The third kappa shape index (κ3) is 5.88. The molecule has 180 valence electrons. The maximum absolute atomic E-state index is 14.1. The minimum absolute atomic E-state index is 0. The van der Waals surface area contributed by atoms with Gasteiger partial charge in [0.15, 0.2) is 23.3 Å². The Bertz CT molecular complexity index is 848. The number of fused-ring (bicyclic) bond motifs is 3. The zero-order chi connectivity index (χ0) is 21.9. The smallest absolute Gasteiger partial charge is 0.200 e. The number of piperazine rings is 3. The molecule has 1 N–H and O–H groups in total. The van der Waals surface area contributed by atoms with E-state index in [0.717, 1.165) is 30.7 Å². The van der Waals surface area contributed by atoms with Crippen LogP contribution in [0, 0.1) is 29.1 Å². The number of rotatable bonds is 4. The van der Waals surface area contributed by atoms with Crippen molar-refractivity contribution in [2.45, 2.75) is 20.0 Å². The lowest BCUT2D eigenvalue weighted by molar-refractivity contribution is -1.09. The summed E-state index contributed by atoms with van der Waals surface area (Å²) in [6.45, 7) is 7.21. The summed E-state index contributed by atoms with van der Waals surface area (Å²) in [5.41, 5.74) is 0.565. The van der Waals surface area contributed by atoms with Gasteiger partial charge in [-0.25, -0.2) is 22.0 Å². The molecule has 3 heterocycles. The molecule has 0 radical (unpaired) electrons. The first kappa shape index (κ1) is 29.0. The van der Waals surface area contributed by atoms with Gasteiger partial charge in [0, 0.05) is 12.2 Å². The highest BCUT2D eigenvalue weighted by Crippen LogP contribution is 2.33. The number of hydrogen-bond acceptors (Lipinski definition) is 1. The zero-order valence-corrected chi connectivity index (χ0v) is 20.9. The second-order valence-corrected chi connectivity index (χ2v) is 8.19. The van der Waals surface area contributed by atoms with Gasteiger partial charge >= 0.3 is 0 Å². The average molecular weight is 590 g/mol. The Kier molecular flexibility index (Phi) is 10.7. The van der Waals surface area contributed by atoms with E-state index < -0.39 is 34.6 Å². The second kappa shape index (κ2) is 11.9. The van der Waals surface area contributed by atoms with Crippen LogP contribution in [0.15, 0.2) is 30.3 Å². The fraction of sp³-hybridized carbons (Fsp3) is 0.455. The van der Waals surface area contributed by atoms with Crippen molar-refractivity contribution in [1.82, 2.24) is 0 Å². The van der Waals surface area contributed by atoms with Crippen LogP contribution in [-0.2, 0) is 13.1 Å². The van der Waals surface area contributed by atoms with E-state index in [2.05, 4.69) is 12.1 Å². The van der Waals surface area contributed by atoms with Crippen molar-refractivity contribution < 1.29 is 70.0 Å². The predicted octanol–water partition coefficient (Wildman–Crippen LogP) is -2.25. The van der Waals surface area contributed by atoms with Crippen LogP contribution in [-0.4, -0.2) is 59.9 Å². The number of benzene rings is 2. The molecule has 3 saturated heterocycles. The molecule has 0 aliphatic carbocycles. The van der Waals surface area contributed by atoms with Gasteiger partial charge in [0.2, 0.25) is 5.82 Å². The van der Waals surface area contributed by atoms with E-state index in [0.29, 0.717) is 24.1 Å². The molecule has 0 aromatic heterocycles. The first-order valence-corrected chi connectivity index (χ1v) is 10.1. The van der Waals surface area contributed by atoms with Crippen LogP contribution < -0.4 is 34.0 Å². The highest BCUT2D eigenvalue weighted by molar-refractivity contribution is 5.23. The lowest BCUT2D eigenvalue weighted by Gasteiger charge is -2.55. The summed E-state index contributed by atoms with van der Waals surface area (Å²) < 4.78 is 69.8. The third-order valence-corrected chi connectivity index (χ3v) is 6.30. The molecular formula is C22H27Br2F5N2O. The van der Waals surface area contributed by atoms with Crippen molar-refractivity contribution in [3.63, 3.8) is 0 Å². The molecule has 3 fully saturated rings. The van der Waals surface area contributed by atoms with Crippen molar-refractivity contribution in [2.75, 3.05) is 45.9 Å². The molecule has 32 heavy (non-hydrogen) atoms. The SMILES string of the molecule is CCO.Fc1c(F)c(F)c(C[N+]23CC[N+](Cc4ccccc4)(CC2)CC3)c(F)c1F.[Br-].[Br-]. The van der Waals surface area contributed by atoms with Crippen LogP contribution in [0.2, 0.25) is 0 Å². The molecule has 3 nitrogen and oxygen atoms in total. The van der Waals surface area contributed by atoms with Crippen molar-refractivity contribution in [1.29, 1.82) is 0 Å². The normalized spacial score (nSPS) is 23.5. The van der Waals surface area contributed by atoms with E-state index in [4.69, 9.17) is 5.11 Å². The fourth-order valence-electron chi connectivity index (χ4n) is 4.51. The maximum atomic E-state index is 14.1. The summed E-state index contributed by atoms with van der Waals surface area (Å²) in [5, 5.41) is 7.57. The third-order valence-electron chi connectivity index (χ3n) is 6.30. The summed E-state index contributed by atoms with van der Waals surface area (Å²) in [6.07, 6.45) is 0. The van der Waals surface area contributed by atoms with Crippen molar-refractivity contribution in [3.05, 3.63) is 70.5 Å². The molecule has 3 aliphatic rings. The minimum atomic E-state index is -2.09. The highest BCUT2D eigenvalue weighted by atomic mass is 79.9. The first-order valence-electron chi connectivity index (χ1n) is 10.1. The Hall–Kier alpha value is -1.07. The standard InChI is InChI=1S/C20H21F5N2.C2H6O.2BrH/c21-16-15(17(22)19(24)20(25)18(16)23)13-27-9-6-26(7-10-27,8-11-27)12-14-4-2-1-3-5-14;1-2-3;;/h1-5H,6-13H2;3H,2H2,1H3;2*1H/q+2;;;/p-2. The lowest BCUT2D eigenvalue weighted by Crippen LogP contribution is -3.00. The van der Waals surface area contributed by atoms with E-state index in [1.807, 2.05) is 18.2 Å². The minimum Gasteiger partial charge on any atom is -1.00 e. The maximum Gasteiger partial charge on any atom is 0.200 e. The van der Waals surface area contributed by atoms with Gasteiger partial charge in [-0.05, 0) is 6.92 Å². The molecule has 0 amide bonds. The van der Waals surface area contributed by atoms with E-state index in [-0.39, 0.29) is 47.1 Å². The van der Waals surface area contributed by atoms with Crippen LogP contribution in [0.1, 0.15) is 18.1 Å². The first-order chi connectivity index (χ1) is 14.3. The summed E-state index contributed by atoms with van der Waals surface area (Å²) in [6, 6.07) is 10.2. The van der Waals surface area contributed by atoms with Gasteiger partial charge < -0.3 is 48.0 Å². The molecule has 0 unspecified atom stereocenters. The van der Waals surface area contributed by atoms with Gasteiger partial charge in [-0.2, -0.15) is 0 Å². The molecule has 0 spiro atoms. The van der Waals surface area contributed by atoms with Crippen molar-refractivity contribution in [2.24, 2.45) is 0 Å². The topological polar surface area (TPSA) is 20.2 Å². The van der Waals surface area contributed by atoms with Crippen molar-refractivity contribution in [3.8, 4) is 0 Å². The number of hydrogen-bond donors (Lipinski definition) is 1. The Morgan fingerprint density at radius 1 is 0.656 bits per heavy atom. The Balaban J connectivity index is 0.000000971. The van der Waals surface area contributed by atoms with Crippen LogP contribution in [0.5, 0.6) is 0 Å². The second-order valence-electron chi connectivity index (χ2n) is 8.19. The lowest BCUT2D eigenvalue weighted by atomic mass is 10.0. The molecule has 10 heteroatoms. The fourth-order valence-corrected chi connectivity index (χ4v) is 4.51. The summed E-state index contributed by atoms with van der Waals surface area (Å²) in [4.78, 5) is 0. The van der Waals surface area contributed by atoms with Gasteiger partial charge in [-0.1, -0.05) is 30.3 Å². The van der Waals surface area contributed by atoms with Crippen LogP contribution in [0.25, 0.3) is 0 Å². The molecule has 0 saturated carbocycles. The number of halogens is 7. The van der Waals surface area contributed by atoms with E-state index in [9.17, 15) is 22.0 Å². The molecule has 2 aromatic carbocycles. The summed E-state index contributed by atoms with van der Waals surface area (Å²) >= 11 is 0. The molecular weight excluding hydrogens is 563 g/mol. The van der Waals surface area contributed by atoms with E-state index in [1.54, 1.807) is 6.92 Å². The number of nitrogens with zero attached hydrogens (tertiary/aromatic N) is 2. The zero-order valence-electron chi connectivity index (χ0n) is 17.7. The van der Waals surface area contributed by atoms with Gasteiger partial charge in [-0.15, -0.1) is 0 Å². The number of quaternary nitrogens is 2. The van der Waals surface area contributed by atoms with Crippen molar-refractivity contribution >= 4 is 0 Å². The van der Waals surface area contributed by atoms with Gasteiger partial charge in [0.25, 0.3) is 0 Å². The predicted molar refractivity (Wildman–Crippen MR) is 103 cm³/mol. The average Bonchev–Trinajstić information content (AvgIpc) is 2.77. The van der Waals surface area contributed by atoms with E-state index >= 15 is 0 Å². The Labute approximate surface area is 206 Å². The molecule has 3 aliphatic heterocycles. The van der Waals surface area contributed by atoms with E-state index in [1.165, 1.54) is 5.56 Å². The molecule has 5 rings (SSSR count). The van der Waals surface area contributed by atoms with Gasteiger partial charge in [0.1, 0.15) is 52.4 Å². The number of aliphatic hydroxyl groups excluding tert-OH is 1. The van der Waals surface area contributed by atoms with Gasteiger partial charge in [-0.3, -0.25) is 0 Å². The Morgan fingerprint density at radius 2 is 1.00 bits per heavy atom. The Morgan fingerprint density at radius 3 is 1.41 bits per heavy atom. The quantitative estimate of drug-likeness (QED) is 0.185. The molecule has 0 atom stereocenters. The summed E-state index contributed by atoms with van der Waals surface area (Å²) in [5.74, 6) is -9.19. The van der Waals surface area contributed by atoms with Crippen LogP contribution in [0.3, 0.4) is 0 Å². The summed E-state index contributed by atoms with van der Waals surface area (Å²) in [7, 11) is 0.